The van der Waals surface area contributed by atoms with Crippen molar-refractivity contribution in [1.82, 2.24) is 15.1 Å². The highest BCUT2D eigenvalue weighted by molar-refractivity contribution is 7.36. The second kappa shape index (κ2) is 9.88. The van der Waals surface area contributed by atoms with Crippen LogP contribution >= 0.6 is 19.8 Å². The van der Waals surface area contributed by atoms with Gasteiger partial charge in [-0.3, -0.25) is 4.79 Å². The summed E-state index contributed by atoms with van der Waals surface area (Å²) in [6.07, 6.45) is -0.582. The number of nitrogens with zero attached hydrogens (tertiary/aromatic N) is 3. The fraction of sp³-hybridized carbons (Fsp3) is 0.688. The molecule has 0 aromatic carbocycles. The monoisotopic (exact) mass is 462 g/mol. The maximum absolute atomic E-state index is 11.9. The van der Waals surface area contributed by atoms with Crippen LogP contribution < -0.4 is 26.4 Å². The Labute approximate surface area is 180 Å². The normalized spacial score (nSPS) is 23.3. The van der Waals surface area contributed by atoms with Crippen LogP contribution in [-0.2, 0) is 23.4 Å². The molecule has 1 fully saturated rings. The van der Waals surface area contributed by atoms with Crippen LogP contribution in [0.15, 0.2) is 0 Å². The number of rotatable bonds is 9. The first kappa shape index (κ1) is 22.7. The summed E-state index contributed by atoms with van der Waals surface area (Å²) in [5.41, 5.74) is 6.53. The lowest BCUT2D eigenvalue weighted by Gasteiger charge is -2.26. The van der Waals surface area contributed by atoms with Crippen LogP contribution in [0.4, 0.5) is 23.3 Å². The summed E-state index contributed by atoms with van der Waals surface area (Å²) in [7, 11) is -0.498. The zero-order valence-electron chi connectivity index (χ0n) is 16.9. The summed E-state index contributed by atoms with van der Waals surface area (Å²) >= 11 is 6.51. The highest BCUT2D eigenvalue weighted by Crippen LogP contribution is 2.40. The van der Waals surface area contributed by atoms with E-state index in [1.54, 1.807) is 20.9 Å². The Bertz CT molecular complexity index is 801. The Morgan fingerprint density at radius 3 is 2.97 bits per heavy atom. The van der Waals surface area contributed by atoms with Gasteiger partial charge in [-0.1, -0.05) is 5.09 Å². The number of aromatic nitrogens is 2. The van der Waals surface area contributed by atoms with Crippen LogP contribution in [0, 0.1) is 0 Å². The summed E-state index contributed by atoms with van der Waals surface area (Å²) in [4.78, 5) is 21.8. The lowest BCUT2D eigenvalue weighted by Crippen LogP contribution is -2.40. The first-order valence-electron chi connectivity index (χ1n) is 9.47. The maximum atomic E-state index is 11.9. The molecule has 5 N–H and O–H groups in total. The highest BCUT2D eigenvalue weighted by Gasteiger charge is 2.42. The molecule has 0 amide bonds. The Balaban J connectivity index is 1.52. The van der Waals surface area contributed by atoms with Gasteiger partial charge >= 0.3 is 14.1 Å². The number of halogens is 1. The molecular formula is C16H26ClN7O5P+. The van der Waals surface area contributed by atoms with Crippen molar-refractivity contribution in [3.8, 4) is 0 Å². The van der Waals surface area contributed by atoms with E-state index in [0.717, 1.165) is 5.69 Å². The minimum Gasteiger partial charge on any atom is -0.462 e. The number of fused-ring (bicyclic) bond motifs is 1. The molecule has 2 aliphatic rings. The molecule has 166 valence electrons. The van der Waals surface area contributed by atoms with Gasteiger partial charge in [0.15, 0.2) is 11.6 Å². The Kier molecular flexibility index (Phi) is 7.48. The number of alkyl halides is 1. The zero-order valence-corrected chi connectivity index (χ0v) is 18.6. The van der Waals surface area contributed by atoms with Gasteiger partial charge in [0.05, 0.1) is 24.3 Å². The van der Waals surface area contributed by atoms with E-state index in [-0.39, 0.29) is 36.7 Å². The van der Waals surface area contributed by atoms with Gasteiger partial charge in [-0.2, -0.15) is 9.97 Å². The van der Waals surface area contributed by atoms with Crippen LogP contribution in [0.25, 0.3) is 0 Å². The zero-order chi connectivity index (χ0) is 21.8. The van der Waals surface area contributed by atoms with E-state index in [1.807, 2.05) is 4.90 Å². The molecule has 4 atom stereocenters. The van der Waals surface area contributed by atoms with Gasteiger partial charge in [0.25, 0.3) is 0 Å². The number of carbonyl (C=O) groups is 1. The van der Waals surface area contributed by atoms with Crippen molar-refractivity contribution < 1.29 is 23.4 Å². The first-order chi connectivity index (χ1) is 14.3. The number of nitrogens with two attached hydrogens (primary N) is 1. The predicted octanol–water partition coefficient (Wildman–Crippen LogP) is 1.23. The van der Waals surface area contributed by atoms with Crippen LogP contribution in [0.3, 0.4) is 0 Å². The minimum atomic E-state index is -2.24. The van der Waals surface area contributed by atoms with Gasteiger partial charge in [0, 0.05) is 7.05 Å². The number of nitrogen functional groups attached to an aromatic ring is 1. The molecule has 1 aromatic rings. The number of anilines is 4. The molecule has 1 aromatic heterocycles. The molecule has 0 saturated carbocycles. The summed E-state index contributed by atoms with van der Waals surface area (Å²) < 4.78 is 28.2. The van der Waals surface area contributed by atoms with Crippen molar-refractivity contribution in [3.63, 3.8) is 0 Å². The number of esters is 1. The van der Waals surface area contributed by atoms with Crippen molar-refractivity contribution in [2.24, 2.45) is 0 Å². The quantitative estimate of drug-likeness (QED) is 0.237. The Morgan fingerprint density at radius 2 is 2.27 bits per heavy atom. The highest BCUT2D eigenvalue weighted by atomic mass is 35.5. The standard InChI is InChI=1S/C16H26ClN7O5P/c1-8(2)28-11(25)5-21-30(26)27-6-9-4-10(17)15(29-9)24-7-20-12-13(19-3)22-16(18)23-14(12)24/h8-10,15,20H,4-7H2,1-3H3,(H,21,26)(H3,18,19,22,23)/q+1. The second-order valence-electron chi connectivity index (χ2n) is 7.01. The third-order valence-corrected chi connectivity index (χ3v) is 5.57. The summed E-state index contributed by atoms with van der Waals surface area (Å²) in [5.74, 6) is 0.816. The van der Waals surface area contributed by atoms with Gasteiger partial charge < -0.3 is 30.7 Å². The van der Waals surface area contributed by atoms with Gasteiger partial charge in [0.2, 0.25) is 5.95 Å². The van der Waals surface area contributed by atoms with Crippen molar-refractivity contribution in [2.75, 3.05) is 48.1 Å². The summed E-state index contributed by atoms with van der Waals surface area (Å²) in [6.45, 7) is 3.75. The maximum Gasteiger partial charge on any atom is 0.613 e. The van der Waals surface area contributed by atoms with Crippen molar-refractivity contribution in [2.45, 2.75) is 44.1 Å². The van der Waals surface area contributed by atoms with E-state index in [1.165, 1.54) is 0 Å². The third-order valence-electron chi connectivity index (χ3n) is 4.38. The molecule has 0 aliphatic carbocycles. The second-order valence-corrected chi connectivity index (χ2v) is 8.66. The third kappa shape index (κ3) is 5.38. The van der Waals surface area contributed by atoms with E-state index in [0.29, 0.717) is 24.7 Å². The largest absolute Gasteiger partial charge is 0.613 e. The molecule has 3 rings (SSSR count). The average Bonchev–Trinajstić information content (AvgIpc) is 3.26. The Hall–Kier alpha value is -1.98. The molecular weight excluding hydrogens is 437 g/mol. The molecule has 0 spiro atoms. The predicted molar refractivity (Wildman–Crippen MR) is 113 cm³/mol. The van der Waals surface area contributed by atoms with Gasteiger partial charge in [-0.25, -0.2) is 0 Å². The fourth-order valence-electron chi connectivity index (χ4n) is 3.18. The van der Waals surface area contributed by atoms with Crippen molar-refractivity contribution >= 4 is 49.0 Å². The van der Waals surface area contributed by atoms with E-state index >= 15 is 0 Å². The molecule has 0 radical (unpaired) electrons. The lowest BCUT2D eigenvalue weighted by atomic mass is 10.2. The van der Waals surface area contributed by atoms with Crippen molar-refractivity contribution in [1.29, 1.82) is 0 Å². The number of ether oxygens (including phenoxy) is 2. The smallest absolute Gasteiger partial charge is 0.462 e. The van der Waals surface area contributed by atoms with E-state index < -0.39 is 20.4 Å². The molecule has 0 bridgehead atoms. The summed E-state index contributed by atoms with van der Waals surface area (Å²) in [5, 5.41) is 8.33. The van der Waals surface area contributed by atoms with Gasteiger partial charge in [0.1, 0.15) is 25.1 Å². The van der Waals surface area contributed by atoms with Crippen LogP contribution in [-0.4, -0.2) is 66.6 Å². The van der Waals surface area contributed by atoms with Crippen molar-refractivity contribution in [3.05, 3.63) is 0 Å². The molecule has 1 saturated heterocycles. The Morgan fingerprint density at radius 1 is 1.50 bits per heavy atom. The summed E-state index contributed by atoms with van der Waals surface area (Å²) in [6, 6.07) is 0. The number of hydrogen-bond donors (Lipinski definition) is 4. The molecule has 3 heterocycles. The van der Waals surface area contributed by atoms with E-state index in [4.69, 9.17) is 31.3 Å². The van der Waals surface area contributed by atoms with E-state index in [2.05, 4.69) is 25.7 Å². The first-order valence-corrected chi connectivity index (χ1v) is 11.1. The van der Waals surface area contributed by atoms with E-state index in [9.17, 15) is 9.36 Å². The molecule has 2 aliphatic heterocycles. The van der Waals surface area contributed by atoms with Crippen LogP contribution in [0.1, 0.15) is 20.3 Å². The number of nitrogens with one attached hydrogen (secondary N) is 3. The van der Waals surface area contributed by atoms with Gasteiger partial charge in [-0.05, 0) is 24.8 Å². The molecule has 12 nitrogen and oxygen atoms in total. The van der Waals surface area contributed by atoms with Gasteiger partial charge in [-0.15, -0.1) is 16.1 Å². The topological polar surface area (TPSA) is 153 Å². The van der Waals surface area contributed by atoms with Crippen LogP contribution in [0.5, 0.6) is 0 Å². The lowest BCUT2D eigenvalue weighted by molar-refractivity contribution is -0.145. The fourth-order valence-corrected chi connectivity index (χ4v) is 4.22. The molecule has 30 heavy (non-hydrogen) atoms. The SMILES string of the molecule is CNc1nc(N)nc2c1NCN2C1OC(CO[P+](=O)NCC(=O)OC(C)C)CC1Cl. The number of carbonyl (C=O) groups excluding carboxylic acids is 1. The average molecular weight is 463 g/mol. The molecule has 4 unspecified atom stereocenters. The number of hydrogen-bond acceptors (Lipinski definition) is 11. The van der Waals surface area contributed by atoms with Crippen LogP contribution in [0.2, 0.25) is 0 Å². The molecule has 14 heteroatoms. The minimum absolute atomic E-state index is 0.0585.